The first-order valence-corrected chi connectivity index (χ1v) is 10.7. The van der Waals surface area contributed by atoms with Crippen LogP contribution in [-0.2, 0) is 9.84 Å². The summed E-state index contributed by atoms with van der Waals surface area (Å²) in [5, 5.41) is 0.524. The Balaban J connectivity index is 2.09. The van der Waals surface area contributed by atoms with Crippen LogP contribution in [0.15, 0.2) is 68.0 Å². The van der Waals surface area contributed by atoms with Crippen LogP contribution in [0, 0.1) is 5.82 Å². The largest absolute Gasteiger partial charge is 0.428 e. The van der Waals surface area contributed by atoms with Gasteiger partial charge in [-0.05, 0) is 55.0 Å². The van der Waals surface area contributed by atoms with E-state index in [2.05, 4.69) is 4.98 Å². The SMILES string of the molecule is CCCSc1oc(-c2ccc(F)cc2)nc1S(=O)(=O)c1ccc(Cl)cc1. The van der Waals surface area contributed by atoms with Gasteiger partial charge in [-0.1, -0.05) is 30.3 Å². The van der Waals surface area contributed by atoms with Gasteiger partial charge in [0.2, 0.25) is 25.8 Å². The molecule has 136 valence electrons. The third kappa shape index (κ3) is 3.95. The van der Waals surface area contributed by atoms with E-state index in [0.717, 1.165) is 6.42 Å². The van der Waals surface area contributed by atoms with Crippen LogP contribution in [0.3, 0.4) is 0 Å². The quantitative estimate of drug-likeness (QED) is 0.503. The van der Waals surface area contributed by atoms with Crippen LogP contribution in [0.5, 0.6) is 0 Å². The molecule has 0 spiro atoms. The van der Waals surface area contributed by atoms with Gasteiger partial charge in [0.25, 0.3) is 0 Å². The lowest BCUT2D eigenvalue weighted by Crippen LogP contribution is -2.04. The highest BCUT2D eigenvalue weighted by Crippen LogP contribution is 2.35. The predicted octanol–water partition coefficient (Wildman–Crippen LogP) is 5.47. The van der Waals surface area contributed by atoms with Crippen molar-refractivity contribution in [1.82, 2.24) is 4.98 Å². The van der Waals surface area contributed by atoms with E-state index in [1.165, 1.54) is 60.3 Å². The van der Waals surface area contributed by atoms with Crippen molar-refractivity contribution in [2.45, 2.75) is 28.4 Å². The lowest BCUT2D eigenvalue weighted by atomic mass is 10.2. The highest BCUT2D eigenvalue weighted by Gasteiger charge is 2.28. The van der Waals surface area contributed by atoms with Crippen molar-refractivity contribution in [3.63, 3.8) is 0 Å². The number of hydrogen-bond acceptors (Lipinski definition) is 5. The van der Waals surface area contributed by atoms with Crippen LogP contribution in [0.2, 0.25) is 5.02 Å². The van der Waals surface area contributed by atoms with Gasteiger partial charge in [-0.15, -0.1) is 0 Å². The van der Waals surface area contributed by atoms with Gasteiger partial charge in [0.1, 0.15) is 5.82 Å². The molecule has 0 saturated heterocycles. The molecule has 0 saturated carbocycles. The standard InChI is InChI=1S/C18H15ClFNO3S2/c1-2-11-25-18-17(26(22,23)15-9-5-13(19)6-10-15)21-16(24-18)12-3-7-14(20)8-4-12/h3-10H,2,11H2,1H3. The third-order valence-electron chi connectivity index (χ3n) is 3.47. The van der Waals surface area contributed by atoms with E-state index in [9.17, 15) is 12.8 Å². The molecular weight excluding hydrogens is 397 g/mol. The summed E-state index contributed by atoms with van der Waals surface area (Å²) in [6.45, 7) is 1.98. The van der Waals surface area contributed by atoms with Crippen molar-refractivity contribution in [2.24, 2.45) is 0 Å². The number of nitrogens with zero attached hydrogens (tertiary/aromatic N) is 1. The van der Waals surface area contributed by atoms with E-state index in [1.807, 2.05) is 6.92 Å². The molecule has 1 heterocycles. The average molecular weight is 412 g/mol. The first-order valence-electron chi connectivity index (χ1n) is 7.82. The summed E-state index contributed by atoms with van der Waals surface area (Å²) in [6.07, 6.45) is 0.845. The molecule has 2 aromatic carbocycles. The Hall–Kier alpha value is -1.83. The normalized spacial score (nSPS) is 11.7. The summed E-state index contributed by atoms with van der Waals surface area (Å²) in [7, 11) is -3.87. The van der Waals surface area contributed by atoms with Crippen molar-refractivity contribution in [2.75, 3.05) is 5.75 Å². The fourth-order valence-electron chi connectivity index (χ4n) is 2.19. The Morgan fingerprint density at radius 1 is 1.12 bits per heavy atom. The molecule has 0 amide bonds. The van der Waals surface area contributed by atoms with Crippen molar-refractivity contribution in [3.8, 4) is 11.5 Å². The molecule has 0 radical (unpaired) electrons. The maximum Gasteiger partial charge on any atom is 0.228 e. The first kappa shape index (κ1) is 18.9. The van der Waals surface area contributed by atoms with Gasteiger partial charge in [-0.25, -0.2) is 12.8 Å². The topological polar surface area (TPSA) is 60.2 Å². The molecule has 0 aliphatic rings. The second-order valence-corrected chi connectivity index (χ2v) is 8.79. The monoisotopic (exact) mass is 411 g/mol. The summed E-state index contributed by atoms with van der Waals surface area (Å²) in [6, 6.07) is 11.4. The zero-order valence-corrected chi connectivity index (χ0v) is 16.2. The van der Waals surface area contributed by atoms with E-state index in [0.29, 0.717) is 16.3 Å². The minimum Gasteiger partial charge on any atom is -0.428 e. The first-order chi connectivity index (χ1) is 12.4. The minimum absolute atomic E-state index is 0.0826. The van der Waals surface area contributed by atoms with Crippen LogP contribution < -0.4 is 0 Å². The van der Waals surface area contributed by atoms with Gasteiger partial charge in [0, 0.05) is 16.3 Å². The fourth-order valence-corrected chi connectivity index (χ4v) is 4.70. The minimum atomic E-state index is -3.87. The third-order valence-corrected chi connectivity index (χ3v) is 6.68. The Morgan fingerprint density at radius 2 is 1.77 bits per heavy atom. The average Bonchev–Trinajstić information content (AvgIpc) is 3.06. The number of sulfone groups is 1. The number of halogens is 2. The molecule has 0 unspecified atom stereocenters. The van der Waals surface area contributed by atoms with Crippen LogP contribution in [0.1, 0.15) is 13.3 Å². The zero-order valence-electron chi connectivity index (χ0n) is 13.8. The van der Waals surface area contributed by atoms with Crippen LogP contribution in [0.4, 0.5) is 4.39 Å². The molecule has 0 bridgehead atoms. The maximum atomic E-state index is 13.1. The summed E-state index contributed by atoms with van der Waals surface area (Å²) in [5.74, 6) is 0.423. The highest BCUT2D eigenvalue weighted by atomic mass is 35.5. The molecule has 0 fully saturated rings. The van der Waals surface area contributed by atoms with Crippen molar-refractivity contribution >= 4 is 33.2 Å². The molecule has 8 heteroatoms. The van der Waals surface area contributed by atoms with Gasteiger partial charge in [-0.2, -0.15) is 4.98 Å². The Kier molecular flexibility index (Phi) is 5.70. The molecule has 0 N–H and O–H groups in total. The van der Waals surface area contributed by atoms with Gasteiger partial charge in [0.15, 0.2) is 0 Å². The van der Waals surface area contributed by atoms with Crippen molar-refractivity contribution in [1.29, 1.82) is 0 Å². The van der Waals surface area contributed by atoms with E-state index in [-0.39, 0.29) is 20.9 Å². The molecule has 4 nitrogen and oxygen atoms in total. The van der Waals surface area contributed by atoms with Gasteiger partial charge >= 0.3 is 0 Å². The fraction of sp³-hybridized carbons (Fsp3) is 0.167. The second kappa shape index (κ2) is 7.82. The van der Waals surface area contributed by atoms with Crippen molar-refractivity contribution < 1.29 is 17.2 Å². The maximum absolute atomic E-state index is 13.1. The molecule has 1 aromatic heterocycles. The molecule has 3 aromatic rings. The molecular formula is C18H15ClFNO3S2. The Bertz CT molecular complexity index is 1000. The van der Waals surface area contributed by atoms with Crippen LogP contribution >= 0.6 is 23.4 Å². The molecule has 26 heavy (non-hydrogen) atoms. The highest BCUT2D eigenvalue weighted by molar-refractivity contribution is 8.00. The number of benzene rings is 2. The number of aromatic nitrogens is 1. The predicted molar refractivity (Wildman–Crippen MR) is 99.8 cm³/mol. The number of oxazole rings is 1. The van der Waals surface area contributed by atoms with E-state index < -0.39 is 15.7 Å². The second-order valence-electron chi connectivity index (χ2n) is 5.42. The van der Waals surface area contributed by atoms with E-state index >= 15 is 0 Å². The lowest BCUT2D eigenvalue weighted by Gasteiger charge is -2.03. The summed E-state index contributed by atoms with van der Waals surface area (Å²) in [5.41, 5.74) is 0.502. The summed E-state index contributed by atoms with van der Waals surface area (Å²) in [4.78, 5) is 4.29. The number of thioether (sulfide) groups is 1. The summed E-state index contributed by atoms with van der Waals surface area (Å²) >= 11 is 7.12. The molecule has 0 aliphatic carbocycles. The number of hydrogen-bond donors (Lipinski definition) is 0. The number of rotatable bonds is 6. The molecule has 3 rings (SSSR count). The van der Waals surface area contributed by atoms with E-state index in [1.54, 1.807) is 0 Å². The Labute approximate surface area is 160 Å². The van der Waals surface area contributed by atoms with Crippen LogP contribution in [0.25, 0.3) is 11.5 Å². The van der Waals surface area contributed by atoms with Crippen molar-refractivity contribution in [3.05, 3.63) is 59.4 Å². The van der Waals surface area contributed by atoms with Gasteiger partial charge in [-0.3, -0.25) is 0 Å². The molecule has 0 atom stereocenters. The van der Waals surface area contributed by atoms with Gasteiger partial charge < -0.3 is 4.42 Å². The van der Waals surface area contributed by atoms with E-state index in [4.69, 9.17) is 16.0 Å². The lowest BCUT2D eigenvalue weighted by molar-refractivity contribution is 0.470. The van der Waals surface area contributed by atoms with Gasteiger partial charge in [0.05, 0.1) is 4.90 Å². The zero-order chi connectivity index (χ0) is 18.7. The Morgan fingerprint density at radius 3 is 2.38 bits per heavy atom. The molecule has 0 aliphatic heterocycles. The van der Waals surface area contributed by atoms with Crippen LogP contribution in [-0.4, -0.2) is 19.2 Å². The smallest absolute Gasteiger partial charge is 0.228 e. The summed E-state index contributed by atoms with van der Waals surface area (Å²) < 4.78 is 44.8.